The van der Waals surface area contributed by atoms with Gasteiger partial charge in [0.2, 0.25) is 0 Å². The van der Waals surface area contributed by atoms with Gasteiger partial charge in [0.25, 0.3) is 11.8 Å². The molecular formula is C26H31FN4O4. The van der Waals surface area contributed by atoms with Crippen LogP contribution >= 0.6 is 0 Å². The molecule has 2 saturated heterocycles. The zero-order valence-corrected chi connectivity index (χ0v) is 20.4. The SMILES string of the molecule is CC(=O)c1ccc(N2CCN(C(=O)c3cc(C(=O)N(C)C)ccc3N3CCOCC3)CC2)c(F)c1. The number of nitrogens with zero attached hydrogens (tertiary/aromatic N) is 4. The van der Waals surface area contributed by atoms with E-state index in [1.165, 1.54) is 17.9 Å². The van der Waals surface area contributed by atoms with Crippen molar-refractivity contribution in [3.63, 3.8) is 0 Å². The fraction of sp³-hybridized carbons (Fsp3) is 0.423. The summed E-state index contributed by atoms with van der Waals surface area (Å²) in [6, 6.07) is 9.79. The number of Topliss-reactive ketones (excluding diaryl/α,β-unsaturated/α-hetero) is 1. The summed E-state index contributed by atoms with van der Waals surface area (Å²) >= 11 is 0. The molecule has 0 saturated carbocycles. The van der Waals surface area contributed by atoms with Gasteiger partial charge in [0.05, 0.1) is 24.5 Å². The zero-order valence-electron chi connectivity index (χ0n) is 20.4. The average molecular weight is 483 g/mol. The number of hydrogen-bond acceptors (Lipinski definition) is 6. The van der Waals surface area contributed by atoms with Gasteiger partial charge >= 0.3 is 0 Å². The Bertz CT molecular complexity index is 1120. The van der Waals surface area contributed by atoms with E-state index >= 15 is 0 Å². The van der Waals surface area contributed by atoms with Crippen LogP contribution in [0.25, 0.3) is 0 Å². The van der Waals surface area contributed by atoms with E-state index in [1.807, 2.05) is 11.0 Å². The molecule has 4 rings (SSSR count). The molecule has 2 aliphatic heterocycles. The lowest BCUT2D eigenvalue weighted by Crippen LogP contribution is -2.49. The first-order valence-corrected chi connectivity index (χ1v) is 11.8. The van der Waals surface area contributed by atoms with E-state index < -0.39 is 5.82 Å². The van der Waals surface area contributed by atoms with Crippen LogP contribution < -0.4 is 9.80 Å². The molecule has 0 atom stereocenters. The van der Waals surface area contributed by atoms with Crippen LogP contribution in [0.15, 0.2) is 36.4 Å². The maximum absolute atomic E-state index is 14.6. The van der Waals surface area contributed by atoms with Crippen LogP contribution in [0.4, 0.5) is 15.8 Å². The first kappa shape index (κ1) is 24.7. The molecule has 2 aromatic rings. The fourth-order valence-electron chi connectivity index (χ4n) is 4.48. The minimum atomic E-state index is -0.443. The lowest BCUT2D eigenvalue weighted by Gasteiger charge is -2.37. The maximum atomic E-state index is 14.6. The van der Waals surface area contributed by atoms with E-state index in [1.54, 1.807) is 43.3 Å². The maximum Gasteiger partial charge on any atom is 0.256 e. The molecule has 9 heteroatoms. The molecule has 2 aliphatic rings. The second-order valence-corrected chi connectivity index (χ2v) is 9.03. The number of halogens is 1. The van der Waals surface area contributed by atoms with Crippen LogP contribution in [-0.4, -0.2) is 94.0 Å². The number of morpholine rings is 1. The van der Waals surface area contributed by atoms with E-state index in [0.29, 0.717) is 74.9 Å². The summed E-state index contributed by atoms with van der Waals surface area (Å²) in [4.78, 5) is 45.0. The van der Waals surface area contributed by atoms with Crippen molar-refractivity contribution >= 4 is 29.0 Å². The van der Waals surface area contributed by atoms with Crippen molar-refractivity contribution in [2.24, 2.45) is 0 Å². The van der Waals surface area contributed by atoms with Gasteiger partial charge in [-0.2, -0.15) is 0 Å². The van der Waals surface area contributed by atoms with Crippen molar-refractivity contribution in [3.8, 4) is 0 Å². The summed E-state index contributed by atoms with van der Waals surface area (Å²) in [5, 5.41) is 0. The minimum absolute atomic E-state index is 0.146. The number of carbonyl (C=O) groups is 3. The molecule has 2 fully saturated rings. The predicted octanol–water partition coefficient (Wildman–Crippen LogP) is 2.53. The Kier molecular flexibility index (Phi) is 7.35. The van der Waals surface area contributed by atoms with Crippen LogP contribution in [0, 0.1) is 5.82 Å². The molecule has 0 radical (unpaired) electrons. The Balaban J connectivity index is 1.54. The van der Waals surface area contributed by atoms with Crippen LogP contribution in [0.3, 0.4) is 0 Å². The van der Waals surface area contributed by atoms with Gasteiger partial charge in [-0.15, -0.1) is 0 Å². The number of piperazine rings is 1. The largest absolute Gasteiger partial charge is 0.378 e. The third-order valence-electron chi connectivity index (χ3n) is 6.49. The van der Waals surface area contributed by atoms with Crippen LogP contribution in [-0.2, 0) is 4.74 Å². The quantitative estimate of drug-likeness (QED) is 0.610. The Labute approximate surface area is 204 Å². The first-order chi connectivity index (χ1) is 16.8. The van der Waals surface area contributed by atoms with Crippen LogP contribution in [0.5, 0.6) is 0 Å². The van der Waals surface area contributed by atoms with Gasteiger partial charge < -0.3 is 24.3 Å². The third kappa shape index (κ3) is 5.30. The monoisotopic (exact) mass is 482 g/mol. The Morgan fingerprint density at radius 1 is 0.829 bits per heavy atom. The highest BCUT2D eigenvalue weighted by molar-refractivity contribution is 6.03. The third-order valence-corrected chi connectivity index (χ3v) is 6.49. The number of amides is 2. The molecule has 35 heavy (non-hydrogen) atoms. The highest BCUT2D eigenvalue weighted by Crippen LogP contribution is 2.27. The molecule has 0 bridgehead atoms. The molecular weight excluding hydrogens is 451 g/mol. The molecule has 0 aromatic heterocycles. The number of hydrogen-bond donors (Lipinski definition) is 0. The number of ether oxygens (including phenoxy) is 1. The summed E-state index contributed by atoms with van der Waals surface area (Å²) in [6.45, 7) is 5.68. The highest BCUT2D eigenvalue weighted by atomic mass is 19.1. The molecule has 0 N–H and O–H groups in total. The van der Waals surface area contributed by atoms with E-state index in [9.17, 15) is 18.8 Å². The van der Waals surface area contributed by atoms with Gasteiger partial charge in [0.15, 0.2) is 5.78 Å². The second-order valence-electron chi connectivity index (χ2n) is 9.03. The van der Waals surface area contributed by atoms with E-state index in [0.717, 1.165) is 5.69 Å². The number of ketones is 1. The van der Waals surface area contributed by atoms with Crippen molar-refractivity contribution in [1.29, 1.82) is 0 Å². The summed E-state index contributed by atoms with van der Waals surface area (Å²) in [5.74, 6) is -0.937. The Morgan fingerprint density at radius 3 is 2.03 bits per heavy atom. The molecule has 186 valence electrons. The summed E-state index contributed by atoms with van der Waals surface area (Å²) in [6.07, 6.45) is 0. The van der Waals surface area contributed by atoms with Crippen molar-refractivity contribution < 1.29 is 23.5 Å². The molecule has 0 unspecified atom stereocenters. The minimum Gasteiger partial charge on any atom is -0.378 e. The Morgan fingerprint density at radius 2 is 1.43 bits per heavy atom. The van der Waals surface area contributed by atoms with E-state index in [4.69, 9.17) is 4.74 Å². The van der Waals surface area contributed by atoms with E-state index in [-0.39, 0.29) is 17.6 Å². The number of benzene rings is 2. The lowest BCUT2D eigenvalue weighted by molar-refractivity contribution is 0.0745. The van der Waals surface area contributed by atoms with Gasteiger partial charge in [-0.1, -0.05) is 0 Å². The molecule has 0 spiro atoms. The summed E-state index contributed by atoms with van der Waals surface area (Å²) in [7, 11) is 3.36. The van der Waals surface area contributed by atoms with Crippen molar-refractivity contribution in [2.45, 2.75) is 6.92 Å². The van der Waals surface area contributed by atoms with Gasteiger partial charge in [0, 0.05) is 70.2 Å². The zero-order chi connectivity index (χ0) is 25.1. The average Bonchev–Trinajstić information content (AvgIpc) is 2.88. The van der Waals surface area contributed by atoms with Crippen molar-refractivity contribution in [3.05, 3.63) is 58.9 Å². The standard InChI is InChI=1S/C26H31FN4O4/c1-18(32)19-4-7-24(22(27)17-19)29-8-10-31(11-9-29)26(34)21-16-20(25(33)28(2)3)5-6-23(21)30-12-14-35-15-13-30/h4-7,16-17H,8-15H2,1-3H3. The molecule has 2 aromatic carbocycles. The van der Waals surface area contributed by atoms with Crippen molar-refractivity contribution in [2.75, 3.05) is 76.4 Å². The van der Waals surface area contributed by atoms with Crippen molar-refractivity contribution in [1.82, 2.24) is 9.80 Å². The predicted molar refractivity (Wildman–Crippen MR) is 132 cm³/mol. The smallest absolute Gasteiger partial charge is 0.256 e. The molecule has 0 aliphatic carbocycles. The van der Waals surface area contributed by atoms with Crippen LogP contribution in [0.2, 0.25) is 0 Å². The van der Waals surface area contributed by atoms with E-state index in [2.05, 4.69) is 4.90 Å². The lowest BCUT2D eigenvalue weighted by atomic mass is 10.0. The van der Waals surface area contributed by atoms with Gasteiger partial charge in [0.1, 0.15) is 5.82 Å². The first-order valence-electron chi connectivity index (χ1n) is 11.8. The summed E-state index contributed by atoms with van der Waals surface area (Å²) in [5.41, 5.74) is 2.51. The fourth-order valence-corrected chi connectivity index (χ4v) is 4.48. The molecule has 8 nitrogen and oxygen atoms in total. The number of anilines is 2. The topological polar surface area (TPSA) is 73.4 Å². The highest BCUT2D eigenvalue weighted by Gasteiger charge is 2.28. The number of carbonyl (C=O) groups excluding carboxylic acids is 3. The Hall–Kier alpha value is -3.46. The molecule has 2 heterocycles. The number of rotatable bonds is 5. The normalized spacial score (nSPS) is 16.3. The van der Waals surface area contributed by atoms with Gasteiger partial charge in [-0.25, -0.2) is 4.39 Å². The van der Waals surface area contributed by atoms with Crippen LogP contribution in [0.1, 0.15) is 38.0 Å². The van der Waals surface area contributed by atoms with Gasteiger partial charge in [-0.3, -0.25) is 14.4 Å². The van der Waals surface area contributed by atoms with Gasteiger partial charge in [-0.05, 0) is 43.3 Å². The summed E-state index contributed by atoms with van der Waals surface area (Å²) < 4.78 is 20.1. The second kappa shape index (κ2) is 10.4. The molecule has 2 amide bonds.